The Morgan fingerprint density at radius 1 is 1.08 bits per heavy atom. The Balaban J connectivity index is 1.40. The monoisotopic (exact) mass is 332 g/mol. The first-order valence-corrected chi connectivity index (χ1v) is 8.90. The van der Waals surface area contributed by atoms with E-state index in [1.807, 2.05) is 18.2 Å². The first-order valence-electron chi connectivity index (χ1n) is 8.90. The summed E-state index contributed by atoms with van der Waals surface area (Å²) in [5.74, 6) is 2.47. The molecule has 0 saturated carbocycles. The smallest absolute Gasteiger partial charge is 0.231 e. The molecule has 0 aromatic heterocycles. The lowest BCUT2D eigenvalue weighted by Gasteiger charge is -2.20. The Morgan fingerprint density at radius 2 is 1.88 bits per heavy atom. The average molecular weight is 332 g/mol. The Bertz CT molecular complexity index is 554. The third kappa shape index (κ3) is 4.77. The zero-order valence-electron chi connectivity index (χ0n) is 14.5. The van der Waals surface area contributed by atoms with E-state index in [9.17, 15) is 0 Å². The molecule has 2 N–H and O–H groups in total. The van der Waals surface area contributed by atoms with Crippen LogP contribution in [0.1, 0.15) is 31.2 Å². The molecule has 0 spiro atoms. The van der Waals surface area contributed by atoms with Gasteiger partial charge in [-0.25, -0.2) is 0 Å². The molecule has 1 saturated heterocycles. The normalized spacial score (nSPS) is 18.3. The van der Waals surface area contributed by atoms with Crippen LogP contribution in [-0.4, -0.2) is 50.9 Å². The molecule has 1 aromatic carbocycles. The predicted octanol–water partition coefficient (Wildman–Crippen LogP) is 1.96. The van der Waals surface area contributed by atoms with E-state index in [1.165, 1.54) is 38.8 Å². The van der Waals surface area contributed by atoms with Crippen LogP contribution in [0.25, 0.3) is 0 Å². The van der Waals surface area contributed by atoms with Crippen LogP contribution in [0.2, 0.25) is 0 Å². The van der Waals surface area contributed by atoms with Crippen molar-refractivity contribution in [2.75, 3.05) is 40.0 Å². The summed E-state index contributed by atoms with van der Waals surface area (Å²) < 4.78 is 10.7. The minimum absolute atomic E-state index is 0.311. The van der Waals surface area contributed by atoms with E-state index < -0.39 is 0 Å². The molecule has 132 valence electrons. The summed E-state index contributed by atoms with van der Waals surface area (Å²) in [7, 11) is 1.81. The Kier molecular flexibility index (Phi) is 6.18. The first kappa shape index (κ1) is 16.9. The number of hydrogen-bond acceptors (Lipinski definition) is 4. The quantitative estimate of drug-likeness (QED) is 0.638. The Hall–Kier alpha value is -1.95. The fraction of sp³-hybridized carbons (Fsp3) is 0.611. The number of benzene rings is 1. The van der Waals surface area contributed by atoms with Crippen molar-refractivity contribution in [1.82, 2.24) is 15.5 Å². The van der Waals surface area contributed by atoms with Gasteiger partial charge in [-0.2, -0.15) is 0 Å². The molecule has 2 aliphatic heterocycles. The van der Waals surface area contributed by atoms with Crippen LogP contribution >= 0.6 is 0 Å². The summed E-state index contributed by atoms with van der Waals surface area (Å²) in [5.41, 5.74) is 1.15. The van der Waals surface area contributed by atoms with Crippen molar-refractivity contribution in [3.63, 3.8) is 0 Å². The first-order chi connectivity index (χ1) is 11.8. The van der Waals surface area contributed by atoms with Gasteiger partial charge in [0.1, 0.15) is 0 Å². The third-order valence-electron chi connectivity index (χ3n) is 4.54. The minimum Gasteiger partial charge on any atom is -0.454 e. The van der Waals surface area contributed by atoms with Gasteiger partial charge in [0.25, 0.3) is 0 Å². The van der Waals surface area contributed by atoms with Crippen molar-refractivity contribution in [2.24, 2.45) is 4.99 Å². The molecule has 24 heavy (non-hydrogen) atoms. The largest absolute Gasteiger partial charge is 0.454 e. The van der Waals surface area contributed by atoms with Crippen molar-refractivity contribution in [2.45, 2.75) is 32.2 Å². The van der Waals surface area contributed by atoms with Gasteiger partial charge in [0.05, 0.1) is 0 Å². The molecule has 2 aliphatic rings. The number of rotatable bonds is 5. The molecule has 0 unspecified atom stereocenters. The Labute approximate surface area is 144 Å². The highest BCUT2D eigenvalue weighted by atomic mass is 16.7. The number of nitrogens with zero attached hydrogens (tertiary/aromatic N) is 2. The number of fused-ring (bicyclic) bond motifs is 1. The van der Waals surface area contributed by atoms with Gasteiger partial charge in [0, 0.05) is 26.7 Å². The highest BCUT2D eigenvalue weighted by molar-refractivity contribution is 5.79. The number of hydrogen-bond donors (Lipinski definition) is 2. The summed E-state index contributed by atoms with van der Waals surface area (Å²) >= 11 is 0. The lowest BCUT2D eigenvalue weighted by Crippen LogP contribution is -2.41. The molecule has 0 atom stereocenters. The van der Waals surface area contributed by atoms with E-state index in [0.717, 1.165) is 36.1 Å². The molecule has 0 radical (unpaired) electrons. The average Bonchev–Trinajstić information content (AvgIpc) is 2.92. The summed E-state index contributed by atoms with van der Waals surface area (Å²) in [5, 5.41) is 6.75. The van der Waals surface area contributed by atoms with Crippen molar-refractivity contribution in [3.05, 3.63) is 23.8 Å². The third-order valence-corrected chi connectivity index (χ3v) is 4.54. The standard InChI is InChI=1S/C18H28N4O2/c1-19-18(20-8-11-22-9-4-2-3-5-10-22)21-13-15-6-7-16-17(12-15)24-14-23-16/h6-7,12H,2-5,8-11,13-14H2,1H3,(H2,19,20,21). The summed E-state index contributed by atoms with van der Waals surface area (Å²) in [6, 6.07) is 6.01. The van der Waals surface area contributed by atoms with Crippen LogP contribution in [0, 0.1) is 0 Å². The molecule has 2 heterocycles. The van der Waals surface area contributed by atoms with E-state index in [4.69, 9.17) is 9.47 Å². The number of ether oxygens (including phenoxy) is 2. The molecule has 6 heteroatoms. The van der Waals surface area contributed by atoms with Crippen LogP contribution < -0.4 is 20.1 Å². The van der Waals surface area contributed by atoms with Crippen LogP contribution in [0.4, 0.5) is 0 Å². The topological polar surface area (TPSA) is 58.1 Å². The predicted molar refractivity (Wildman–Crippen MR) is 95.7 cm³/mol. The molecular weight excluding hydrogens is 304 g/mol. The number of nitrogens with one attached hydrogen (secondary N) is 2. The van der Waals surface area contributed by atoms with E-state index in [1.54, 1.807) is 7.05 Å². The maximum absolute atomic E-state index is 5.41. The number of likely N-dealkylation sites (tertiary alicyclic amines) is 1. The zero-order chi connectivity index (χ0) is 16.6. The summed E-state index contributed by atoms with van der Waals surface area (Å²) in [6.45, 7) is 5.47. The second-order valence-electron chi connectivity index (χ2n) is 6.30. The zero-order valence-corrected chi connectivity index (χ0v) is 14.5. The number of guanidine groups is 1. The van der Waals surface area contributed by atoms with Gasteiger partial charge in [0.15, 0.2) is 17.5 Å². The maximum atomic E-state index is 5.41. The molecule has 0 bridgehead atoms. The van der Waals surface area contributed by atoms with Crippen LogP contribution in [0.3, 0.4) is 0 Å². The van der Waals surface area contributed by atoms with E-state index >= 15 is 0 Å². The summed E-state index contributed by atoms with van der Waals surface area (Å²) in [4.78, 5) is 6.84. The maximum Gasteiger partial charge on any atom is 0.231 e. The Morgan fingerprint density at radius 3 is 2.67 bits per heavy atom. The summed E-state index contributed by atoms with van der Waals surface area (Å²) in [6.07, 6.45) is 5.42. The molecule has 1 fully saturated rings. The second-order valence-corrected chi connectivity index (χ2v) is 6.30. The molecule has 0 aliphatic carbocycles. The van der Waals surface area contributed by atoms with Gasteiger partial charge in [0.2, 0.25) is 6.79 Å². The fourth-order valence-corrected chi connectivity index (χ4v) is 3.15. The van der Waals surface area contributed by atoms with Crippen molar-refractivity contribution in [3.8, 4) is 11.5 Å². The van der Waals surface area contributed by atoms with Crippen LogP contribution in [-0.2, 0) is 6.54 Å². The van der Waals surface area contributed by atoms with Crippen LogP contribution in [0.5, 0.6) is 11.5 Å². The highest BCUT2D eigenvalue weighted by Crippen LogP contribution is 2.32. The lowest BCUT2D eigenvalue weighted by molar-refractivity contribution is 0.174. The molecule has 3 rings (SSSR count). The minimum atomic E-state index is 0.311. The second kappa shape index (κ2) is 8.78. The van der Waals surface area contributed by atoms with Gasteiger partial charge < -0.3 is 25.0 Å². The van der Waals surface area contributed by atoms with Crippen molar-refractivity contribution >= 4 is 5.96 Å². The van der Waals surface area contributed by atoms with Gasteiger partial charge >= 0.3 is 0 Å². The van der Waals surface area contributed by atoms with E-state index in [0.29, 0.717) is 13.3 Å². The number of aliphatic imine (C=N–C) groups is 1. The lowest BCUT2D eigenvalue weighted by atomic mass is 10.2. The van der Waals surface area contributed by atoms with Gasteiger partial charge in [-0.05, 0) is 43.6 Å². The fourth-order valence-electron chi connectivity index (χ4n) is 3.15. The van der Waals surface area contributed by atoms with Gasteiger partial charge in [-0.15, -0.1) is 0 Å². The molecule has 6 nitrogen and oxygen atoms in total. The van der Waals surface area contributed by atoms with Crippen LogP contribution in [0.15, 0.2) is 23.2 Å². The van der Waals surface area contributed by atoms with Crippen molar-refractivity contribution in [1.29, 1.82) is 0 Å². The molecule has 0 amide bonds. The van der Waals surface area contributed by atoms with E-state index in [2.05, 4.69) is 20.5 Å². The van der Waals surface area contributed by atoms with Crippen molar-refractivity contribution < 1.29 is 9.47 Å². The SMILES string of the molecule is CN=C(NCCN1CCCCCC1)NCc1ccc2c(c1)OCO2. The van der Waals surface area contributed by atoms with Gasteiger partial charge in [-0.3, -0.25) is 4.99 Å². The molecule has 1 aromatic rings. The molecular formula is C18H28N4O2. The van der Waals surface area contributed by atoms with Gasteiger partial charge in [-0.1, -0.05) is 18.9 Å². The van der Waals surface area contributed by atoms with E-state index in [-0.39, 0.29) is 0 Å². The highest BCUT2D eigenvalue weighted by Gasteiger charge is 2.13.